The maximum absolute atomic E-state index is 12.2. The van der Waals surface area contributed by atoms with Crippen molar-refractivity contribution in [2.45, 2.75) is 198 Å². The summed E-state index contributed by atoms with van der Waals surface area (Å²) in [6.45, 7) is 38.0. The number of benzene rings is 3. The lowest BCUT2D eigenvalue weighted by Gasteiger charge is -2.32. The molecule has 3 heterocycles. The number of nitrogens with zero attached hydrogens (tertiary/aromatic N) is 9. The number of rotatable bonds is 23. The van der Waals surface area contributed by atoms with Gasteiger partial charge in [0.1, 0.15) is 0 Å². The van der Waals surface area contributed by atoms with Crippen LogP contribution in [0.4, 0.5) is 46.0 Å². The van der Waals surface area contributed by atoms with Crippen LogP contribution in [0.2, 0.25) is 0 Å². The van der Waals surface area contributed by atoms with Crippen LogP contribution < -0.4 is 31.1 Å². The Hall–Kier alpha value is -7.59. The fourth-order valence-electron chi connectivity index (χ4n) is 12.9. The molecule has 6 aromatic rings. The van der Waals surface area contributed by atoms with Gasteiger partial charge in [0.25, 0.3) is 0 Å². The van der Waals surface area contributed by atoms with Crippen molar-refractivity contribution in [2.24, 2.45) is 35.5 Å². The standard InChI is InChI=1S/C24H34N4O2.C24H36N4.C20H34N2.C4H3BrN2.2CO2.CH4/c1-17(2)15-28(16-18(3)4)21-9-8-19(24(22(29)30)10-5-6-11-24)14-20(21)27-23-25-12-7-13-26-23;1-18(2)16-28(17-19(3)4)22-10-9-20(24(5)11-6-7-12-24)15-21(22)27-23-25-13-8-14-26-23;1-15(2)13-22(14-16(3)4)19-9-8-17(12-18(19)21)20(5)10-6-7-11-20;5-4-6-2-1-3-7-4;2*2-1-3;/h7-9,12-14,17-18H,5-6,10-11,15-16H2,1-4H3,(H,29,30)(H,25,26,27);8-10,13-15,18-19H,6-7,11-12,16-17H2,1-5H3,(H,25,26,27);8-9,12,15-16H,6-7,10-11,13-14,21H2,1-5H3;1-3H;;;1H4. The number of aliphatic carboxylic acids is 1. The molecule has 3 saturated carbocycles. The van der Waals surface area contributed by atoms with Crippen LogP contribution in [-0.2, 0) is 40.2 Å². The second kappa shape index (κ2) is 40.6. The van der Waals surface area contributed by atoms with Crippen molar-refractivity contribution in [3.05, 3.63) is 131 Å². The molecule has 3 aliphatic rings. The van der Waals surface area contributed by atoms with Crippen LogP contribution in [0.25, 0.3) is 0 Å². The number of carbonyl (C=O) groups excluding carboxylic acids is 4. The Bertz CT molecular complexity index is 3150. The SMILES string of the molecule is Brc1ncccn1.C.CC(C)CN(CC(C)C)c1ccc(C2(C(=O)O)CCCC2)cc1Nc1ncccn1.CC(C)CN(CC(C)C)c1ccc(C2(C)CCCC2)cc1N.CC(C)CN(CC(C)C)c1ccc(C2(C)CCCC2)cc1Nc1ncccn1.O=C=O.O=C=O. The number of nitrogens with one attached hydrogen (secondary N) is 2. The fourth-order valence-corrected chi connectivity index (χ4v) is 13.2. The maximum Gasteiger partial charge on any atom is 0.373 e. The number of hydrogen-bond donors (Lipinski definition) is 4. The van der Waals surface area contributed by atoms with E-state index in [0.717, 1.165) is 80.4 Å². The lowest BCUT2D eigenvalue weighted by atomic mass is 9.78. The fraction of sp³-hybridized carbons (Fsp3) is 0.560. The first kappa shape index (κ1) is 80.6. The lowest BCUT2D eigenvalue weighted by Crippen LogP contribution is -2.34. The van der Waals surface area contributed by atoms with Gasteiger partial charge in [0.05, 0.1) is 39.5 Å². The maximum atomic E-state index is 12.2. The number of aromatic nitrogens is 6. The predicted octanol–water partition coefficient (Wildman–Crippen LogP) is 17.3. The summed E-state index contributed by atoms with van der Waals surface area (Å²) in [6, 6.07) is 25.4. The number of carbonyl (C=O) groups is 1. The van der Waals surface area contributed by atoms with E-state index in [1.165, 1.54) is 73.9 Å². The Morgan fingerprint density at radius 2 is 0.755 bits per heavy atom. The van der Waals surface area contributed by atoms with Gasteiger partial charge < -0.3 is 36.2 Å². The van der Waals surface area contributed by atoms with Crippen molar-refractivity contribution in [1.82, 2.24) is 29.9 Å². The molecule has 0 saturated heterocycles. The number of nitrogens with two attached hydrogens (primary N) is 1. The quantitative estimate of drug-likeness (QED) is 0.0344. The number of anilines is 8. The Kier molecular flexibility index (Phi) is 34.8. The highest BCUT2D eigenvalue weighted by molar-refractivity contribution is 9.10. The molecule has 0 bridgehead atoms. The van der Waals surface area contributed by atoms with Gasteiger partial charge in [-0.1, -0.05) is 161 Å². The Labute approximate surface area is 571 Å². The van der Waals surface area contributed by atoms with Crippen molar-refractivity contribution in [2.75, 3.05) is 70.3 Å². The zero-order valence-electron chi connectivity index (χ0n) is 58.1. The molecule has 0 atom stereocenters. The summed E-state index contributed by atoms with van der Waals surface area (Å²) >= 11 is 3.09. The molecule has 3 fully saturated rings. The normalized spacial score (nSPS) is 14.6. The summed E-state index contributed by atoms with van der Waals surface area (Å²) in [6.07, 6.45) is 24.6. The van der Waals surface area contributed by atoms with E-state index in [2.05, 4.69) is 211 Å². The average Bonchev–Trinajstić information content (AvgIpc) is 1.37. The third-order valence-corrected chi connectivity index (χ3v) is 17.4. The van der Waals surface area contributed by atoms with Gasteiger partial charge in [-0.05, 0) is 172 Å². The number of halogens is 1. The molecule has 514 valence electrons. The van der Waals surface area contributed by atoms with Gasteiger partial charge in [0, 0.05) is 76.4 Å². The molecule has 3 aliphatic carbocycles. The van der Waals surface area contributed by atoms with Gasteiger partial charge in [-0.2, -0.15) is 19.2 Å². The summed E-state index contributed by atoms with van der Waals surface area (Å²) in [4.78, 5) is 77.1. The largest absolute Gasteiger partial charge is 0.481 e. The third-order valence-electron chi connectivity index (χ3n) is 16.9. The summed E-state index contributed by atoms with van der Waals surface area (Å²) in [5, 5.41) is 16.9. The van der Waals surface area contributed by atoms with Crippen LogP contribution in [-0.4, -0.2) is 92.6 Å². The first-order valence-corrected chi connectivity index (χ1v) is 34.2. The molecule has 9 rings (SSSR count). The molecule has 0 unspecified atom stereocenters. The van der Waals surface area contributed by atoms with Crippen molar-refractivity contribution >= 4 is 80.2 Å². The van der Waals surface area contributed by atoms with E-state index < -0.39 is 11.4 Å². The topological polar surface area (TPSA) is 243 Å². The first-order valence-electron chi connectivity index (χ1n) is 33.4. The van der Waals surface area contributed by atoms with E-state index in [-0.39, 0.29) is 25.1 Å². The highest BCUT2D eigenvalue weighted by Gasteiger charge is 2.43. The van der Waals surface area contributed by atoms with Crippen molar-refractivity contribution in [3.63, 3.8) is 0 Å². The number of carboxylic acid groups (broad SMARTS) is 1. The van der Waals surface area contributed by atoms with E-state index >= 15 is 0 Å². The highest BCUT2D eigenvalue weighted by Crippen LogP contribution is 2.46. The molecule has 3 aromatic carbocycles. The Morgan fingerprint density at radius 1 is 0.479 bits per heavy atom. The van der Waals surface area contributed by atoms with Crippen molar-refractivity contribution in [3.8, 4) is 0 Å². The van der Waals surface area contributed by atoms with E-state index in [0.29, 0.717) is 70.4 Å². The van der Waals surface area contributed by atoms with E-state index in [9.17, 15) is 9.90 Å². The zero-order valence-corrected chi connectivity index (χ0v) is 59.6. The van der Waals surface area contributed by atoms with Gasteiger partial charge in [-0.3, -0.25) is 4.79 Å². The van der Waals surface area contributed by atoms with Gasteiger partial charge in [-0.15, -0.1) is 0 Å². The van der Waals surface area contributed by atoms with Crippen molar-refractivity contribution < 1.29 is 29.1 Å². The lowest BCUT2D eigenvalue weighted by molar-refractivity contribution is -0.193. The van der Waals surface area contributed by atoms with Gasteiger partial charge >= 0.3 is 18.3 Å². The molecule has 19 heteroatoms. The second-order valence-corrected chi connectivity index (χ2v) is 28.7. The van der Waals surface area contributed by atoms with Crippen LogP contribution in [0.5, 0.6) is 0 Å². The summed E-state index contributed by atoms with van der Waals surface area (Å²) in [5.41, 5.74) is 16.5. The van der Waals surface area contributed by atoms with Crippen LogP contribution in [0.1, 0.15) is 198 Å². The molecule has 0 aliphatic heterocycles. The van der Waals surface area contributed by atoms with Crippen LogP contribution >= 0.6 is 15.9 Å². The minimum absolute atomic E-state index is 0. The number of carboxylic acids is 1. The predicted molar refractivity (Wildman–Crippen MR) is 386 cm³/mol. The summed E-state index contributed by atoms with van der Waals surface area (Å²) in [7, 11) is 0. The van der Waals surface area contributed by atoms with Gasteiger partial charge in [-0.25, -0.2) is 29.9 Å². The van der Waals surface area contributed by atoms with Crippen LogP contribution in [0.15, 0.2) is 115 Å². The van der Waals surface area contributed by atoms with E-state index in [1.807, 2.05) is 18.2 Å². The molecule has 0 amide bonds. The molecular formula is C75H111BrN12O6. The number of nitrogen functional groups attached to an aromatic ring is 1. The number of hydrogen-bond acceptors (Lipinski definition) is 17. The molecule has 3 aromatic heterocycles. The minimum atomic E-state index is -0.798. The van der Waals surface area contributed by atoms with Crippen LogP contribution in [0.3, 0.4) is 0 Å². The van der Waals surface area contributed by atoms with E-state index in [4.69, 9.17) is 24.9 Å². The average molecular weight is 1360 g/mol. The Morgan fingerprint density at radius 3 is 1.05 bits per heavy atom. The summed E-state index contributed by atoms with van der Waals surface area (Å²) in [5.74, 6) is 3.95. The molecule has 94 heavy (non-hydrogen) atoms. The third kappa shape index (κ3) is 26.0. The minimum Gasteiger partial charge on any atom is -0.481 e. The second-order valence-electron chi connectivity index (χ2n) is 28.0. The first-order chi connectivity index (χ1) is 44.2. The highest BCUT2D eigenvalue weighted by atomic mass is 79.9. The van der Waals surface area contributed by atoms with Crippen LogP contribution in [0, 0.1) is 35.5 Å². The monoisotopic (exact) mass is 1350 g/mol. The van der Waals surface area contributed by atoms with Gasteiger partial charge in [0.15, 0.2) is 4.73 Å². The molecule has 18 nitrogen and oxygen atoms in total. The van der Waals surface area contributed by atoms with Crippen molar-refractivity contribution in [1.29, 1.82) is 0 Å². The summed E-state index contributed by atoms with van der Waals surface area (Å²) < 4.78 is 0.634. The molecular weight excluding hydrogens is 1240 g/mol. The Balaban J connectivity index is 0.000000336. The van der Waals surface area contributed by atoms with E-state index in [1.54, 1.807) is 49.3 Å². The van der Waals surface area contributed by atoms with Gasteiger partial charge in [0.2, 0.25) is 11.9 Å². The molecule has 0 spiro atoms. The molecule has 5 N–H and O–H groups in total. The smallest absolute Gasteiger partial charge is 0.373 e. The zero-order chi connectivity index (χ0) is 68.7. The molecule has 0 radical (unpaired) electrons.